The summed E-state index contributed by atoms with van der Waals surface area (Å²) in [5, 5.41) is 17.0. The van der Waals surface area contributed by atoms with Crippen LogP contribution in [0.25, 0.3) is 0 Å². The quantitative estimate of drug-likeness (QED) is 0.585. The smallest absolute Gasteiger partial charge is 0.206 e. The molecule has 1 aliphatic carbocycles. The summed E-state index contributed by atoms with van der Waals surface area (Å²) in [6.07, 6.45) is 4.31. The molecule has 0 spiro atoms. The summed E-state index contributed by atoms with van der Waals surface area (Å²) in [6, 6.07) is 7.63. The van der Waals surface area contributed by atoms with E-state index in [9.17, 15) is 5.11 Å². The van der Waals surface area contributed by atoms with Crippen LogP contribution in [-0.4, -0.2) is 59.1 Å². The van der Waals surface area contributed by atoms with Crippen LogP contribution >= 0.6 is 11.6 Å². The molecule has 9 heteroatoms. The normalized spacial score (nSPS) is 26.1. The Balaban J connectivity index is 1.98. The number of aliphatic hydroxyl groups is 1. The average Bonchev–Trinajstić information content (AvgIpc) is 3.27. The lowest BCUT2D eigenvalue weighted by atomic mass is 9.82. The highest BCUT2D eigenvalue weighted by atomic mass is 35.5. The van der Waals surface area contributed by atoms with E-state index in [0.717, 1.165) is 5.56 Å². The van der Waals surface area contributed by atoms with Crippen LogP contribution < -0.4 is 0 Å². The number of ether oxygens (including phenoxy) is 4. The molecule has 0 bridgehead atoms. The molecule has 0 aliphatic heterocycles. The summed E-state index contributed by atoms with van der Waals surface area (Å²) < 4.78 is 24.0. The van der Waals surface area contributed by atoms with Crippen molar-refractivity contribution in [3.05, 3.63) is 47.5 Å². The van der Waals surface area contributed by atoms with Crippen LogP contribution in [0, 0.1) is 11.8 Å². The lowest BCUT2D eigenvalue weighted by Crippen LogP contribution is -2.62. The van der Waals surface area contributed by atoms with Crippen LogP contribution in [-0.2, 0) is 31.9 Å². The van der Waals surface area contributed by atoms with Gasteiger partial charge in [-0.1, -0.05) is 30.7 Å². The van der Waals surface area contributed by atoms with E-state index in [2.05, 4.69) is 10.1 Å². The van der Waals surface area contributed by atoms with E-state index in [4.69, 9.17) is 30.5 Å². The molecular weight excluding hydrogens is 398 g/mol. The Morgan fingerprint density at radius 2 is 1.83 bits per heavy atom. The molecule has 1 saturated carbocycles. The first-order chi connectivity index (χ1) is 13.9. The Bertz CT molecular complexity index is 750. The number of nitrogens with zero attached hydrogens (tertiary/aromatic N) is 3. The SMILES string of the molecule is COCOC1(OCOC)C(C)CC(Cc2ccc(Cl)cc2)C1(O)Cn1cncn1. The first kappa shape index (κ1) is 22.1. The average molecular weight is 426 g/mol. The number of aromatic nitrogens is 3. The molecule has 0 radical (unpaired) electrons. The molecule has 8 nitrogen and oxygen atoms in total. The lowest BCUT2D eigenvalue weighted by Gasteiger charge is -2.45. The zero-order valence-electron chi connectivity index (χ0n) is 17.0. The summed E-state index contributed by atoms with van der Waals surface area (Å²) in [4.78, 5) is 4.00. The van der Waals surface area contributed by atoms with Crippen molar-refractivity contribution in [2.45, 2.75) is 37.7 Å². The third-order valence-corrected chi connectivity index (χ3v) is 5.87. The van der Waals surface area contributed by atoms with Crippen molar-refractivity contribution in [1.82, 2.24) is 14.8 Å². The van der Waals surface area contributed by atoms with Crippen molar-refractivity contribution < 1.29 is 24.1 Å². The molecule has 1 fully saturated rings. The van der Waals surface area contributed by atoms with Crippen LogP contribution in [0.3, 0.4) is 0 Å². The summed E-state index contributed by atoms with van der Waals surface area (Å²) in [5.74, 6) is -1.63. The molecule has 1 aromatic carbocycles. The highest BCUT2D eigenvalue weighted by molar-refractivity contribution is 6.30. The molecule has 3 unspecified atom stereocenters. The van der Waals surface area contributed by atoms with Crippen molar-refractivity contribution in [2.75, 3.05) is 27.8 Å². The second-order valence-electron chi connectivity index (χ2n) is 7.45. The second-order valence-corrected chi connectivity index (χ2v) is 7.89. The van der Waals surface area contributed by atoms with Gasteiger partial charge in [-0.15, -0.1) is 0 Å². The van der Waals surface area contributed by atoms with Crippen LogP contribution in [0.2, 0.25) is 5.02 Å². The van der Waals surface area contributed by atoms with Crippen molar-refractivity contribution in [3.8, 4) is 0 Å². The third-order valence-electron chi connectivity index (χ3n) is 5.61. The molecule has 1 N–H and O–H groups in total. The maximum absolute atomic E-state index is 12.1. The number of halogens is 1. The van der Waals surface area contributed by atoms with Gasteiger partial charge in [-0.25, -0.2) is 9.67 Å². The van der Waals surface area contributed by atoms with E-state index in [1.54, 1.807) is 11.0 Å². The third kappa shape index (κ3) is 4.47. The van der Waals surface area contributed by atoms with Gasteiger partial charge in [0.05, 0.1) is 6.54 Å². The highest BCUT2D eigenvalue weighted by Crippen LogP contribution is 2.52. The highest BCUT2D eigenvalue weighted by Gasteiger charge is 2.66. The van der Waals surface area contributed by atoms with Gasteiger partial charge in [-0.05, 0) is 36.5 Å². The first-order valence-electron chi connectivity index (χ1n) is 9.50. The molecular formula is C20H28ClN3O5. The van der Waals surface area contributed by atoms with Gasteiger partial charge in [0.2, 0.25) is 5.79 Å². The molecule has 2 aromatic rings. The number of rotatable bonds is 10. The van der Waals surface area contributed by atoms with E-state index < -0.39 is 11.4 Å². The predicted octanol–water partition coefficient (Wildman–Crippen LogP) is 2.50. The number of hydrogen-bond acceptors (Lipinski definition) is 7. The van der Waals surface area contributed by atoms with Crippen LogP contribution in [0.15, 0.2) is 36.9 Å². The van der Waals surface area contributed by atoms with Crippen molar-refractivity contribution in [3.63, 3.8) is 0 Å². The number of hydrogen-bond donors (Lipinski definition) is 1. The van der Waals surface area contributed by atoms with Gasteiger partial charge >= 0.3 is 0 Å². The van der Waals surface area contributed by atoms with Gasteiger partial charge in [0.25, 0.3) is 0 Å². The molecule has 3 atom stereocenters. The van der Waals surface area contributed by atoms with Crippen molar-refractivity contribution >= 4 is 11.6 Å². The zero-order chi connectivity index (χ0) is 20.9. The van der Waals surface area contributed by atoms with Gasteiger partial charge in [-0.3, -0.25) is 0 Å². The monoisotopic (exact) mass is 425 g/mol. The Morgan fingerprint density at radius 1 is 1.17 bits per heavy atom. The molecule has 0 saturated heterocycles. The minimum atomic E-state index is -1.41. The molecule has 160 valence electrons. The largest absolute Gasteiger partial charge is 0.382 e. The van der Waals surface area contributed by atoms with E-state index in [1.165, 1.54) is 20.5 Å². The van der Waals surface area contributed by atoms with Gasteiger partial charge in [0.1, 0.15) is 31.8 Å². The Kier molecular flexibility index (Phi) is 7.26. The van der Waals surface area contributed by atoms with Crippen LogP contribution in [0.4, 0.5) is 0 Å². The Labute approximate surface area is 175 Å². The van der Waals surface area contributed by atoms with Crippen LogP contribution in [0.5, 0.6) is 0 Å². The fourth-order valence-electron chi connectivity index (χ4n) is 4.31. The van der Waals surface area contributed by atoms with Gasteiger partial charge in [0, 0.05) is 25.2 Å². The molecule has 1 aliphatic rings. The summed E-state index contributed by atoms with van der Waals surface area (Å²) in [6.45, 7) is 2.10. The van der Waals surface area contributed by atoms with Gasteiger partial charge < -0.3 is 24.1 Å². The maximum Gasteiger partial charge on any atom is 0.206 e. The fourth-order valence-corrected chi connectivity index (χ4v) is 4.44. The summed E-state index contributed by atoms with van der Waals surface area (Å²) in [5.41, 5.74) is -0.338. The zero-order valence-corrected chi connectivity index (χ0v) is 17.7. The molecule has 1 aromatic heterocycles. The minimum absolute atomic E-state index is 0.0264. The Hall–Kier alpha value is -1.55. The second kappa shape index (κ2) is 9.51. The van der Waals surface area contributed by atoms with Crippen molar-refractivity contribution in [2.24, 2.45) is 11.8 Å². The predicted molar refractivity (Wildman–Crippen MR) is 106 cm³/mol. The van der Waals surface area contributed by atoms with Crippen molar-refractivity contribution in [1.29, 1.82) is 0 Å². The van der Waals surface area contributed by atoms with Gasteiger partial charge in [-0.2, -0.15) is 5.10 Å². The number of benzene rings is 1. The maximum atomic E-state index is 12.1. The van der Waals surface area contributed by atoms with Crippen LogP contribution in [0.1, 0.15) is 18.9 Å². The molecule has 0 amide bonds. The topological polar surface area (TPSA) is 87.9 Å². The van der Waals surface area contributed by atoms with E-state index in [0.29, 0.717) is 17.9 Å². The fraction of sp³-hybridized carbons (Fsp3) is 0.600. The van der Waals surface area contributed by atoms with E-state index in [1.807, 2.05) is 31.2 Å². The van der Waals surface area contributed by atoms with E-state index >= 15 is 0 Å². The first-order valence-corrected chi connectivity index (χ1v) is 9.88. The van der Waals surface area contributed by atoms with Gasteiger partial charge in [0.15, 0.2) is 0 Å². The number of methoxy groups -OCH3 is 2. The molecule has 1 heterocycles. The summed E-state index contributed by atoms with van der Waals surface area (Å²) >= 11 is 6.03. The van der Waals surface area contributed by atoms with E-state index in [-0.39, 0.29) is 32.0 Å². The minimum Gasteiger partial charge on any atom is -0.382 e. The summed E-state index contributed by atoms with van der Waals surface area (Å²) in [7, 11) is 3.07. The molecule has 3 rings (SSSR count). The lowest BCUT2D eigenvalue weighted by molar-refractivity contribution is -0.368. The Morgan fingerprint density at radius 3 is 2.38 bits per heavy atom. The standard InChI is InChI=1S/C20H28ClN3O5/c1-15-8-17(9-16-4-6-18(21)7-5-16)19(25,10-24-12-22-11-23-24)20(15,28-13-26-2)29-14-27-3/h4-7,11-12,15,17,25H,8-10,13-14H2,1-3H3. The molecule has 29 heavy (non-hydrogen) atoms.